The third-order valence-corrected chi connectivity index (χ3v) is 7.25. The molecule has 0 saturated carbocycles. The van der Waals surface area contributed by atoms with Crippen molar-refractivity contribution in [2.45, 2.75) is 18.9 Å². The summed E-state index contributed by atoms with van der Waals surface area (Å²) in [5, 5.41) is 15.7. The number of rotatable bonds is 8. The number of piperidine rings is 1. The fourth-order valence-corrected chi connectivity index (χ4v) is 5.42. The number of β-amino-alcohol motifs (C(OH)–C–C–N with tert-alkyl or cyclic N) is 1. The number of hydrogen-bond donors (Lipinski definition) is 3. The number of nitrogens with one attached hydrogen (secondary N) is 2. The maximum Gasteiger partial charge on any atom is 0.137 e. The van der Waals surface area contributed by atoms with E-state index in [1.54, 1.807) is 25.4 Å². The van der Waals surface area contributed by atoms with Gasteiger partial charge in [0, 0.05) is 37.4 Å². The normalized spacial score (nSPS) is 21.4. The van der Waals surface area contributed by atoms with Gasteiger partial charge in [-0.3, -0.25) is 9.29 Å². The highest BCUT2D eigenvalue weighted by molar-refractivity contribution is 7.95. The smallest absolute Gasteiger partial charge is 0.137 e. The van der Waals surface area contributed by atoms with E-state index in [2.05, 4.69) is 42.6 Å². The van der Waals surface area contributed by atoms with Gasteiger partial charge in [-0.1, -0.05) is 12.1 Å². The molecule has 0 amide bonds. The van der Waals surface area contributed by atoms with Gasteiger partial charge >= 0.3 is 0 Å². The van der Waals surface area contributed by atoms with Gasteiger partial charge in [0.05, 0.1) is 42.8 Å². The van der Waals surface area contributed by atoms with E-state index in [4.69, 9.17) is 4.74 Å². The zero-order chi connectivity index (χ0) is 22.6. The van der Waals surface area contributed by atoms with Crippen molar-refractivity contribution in [1.82, 2.24) is 24.2 Å². The maximum atomic E-state index is 11.1. The zero-order valence-corrected chi connectivity index (χ0v) is 19.7. The Morgan fingerprint density at radius 1 is 1.39 bits per heavy atom. The molecule has 4 heterocycles. The molecule has 1 fully saturated rings. The highest BCUT2D eigenvalue weighted by atomic mass is 32.2. The highest BCUT2D eigenvalue weighted by Gasteiger charge is 2.23. The average molecular weight is 466 g/mol. The molecule has 7 nitrogen and oxygen atoms in total. The molecule has 0 radical (unpaired) electrons. The summed E-state index contributed by atoms with van der Waals surface area (Å²) in [6.07, 6.45) is 12.1. The molecular weight excluding hydrogens is 434 g/mol. The van der Waals surface area contributed by atoms with Crippen LogP contribution < -0.4 is 14.8 Å². The minimum absolute atomic E-state index is 0.555. The Labute approximate surface area is 199 Å². The Hall–Kier alpha value is -2.52. The quantitative estimate of drug-likeness (QED) is 0.513. The van der Waals surface area contributed by atoms with Gasteiger partial charge in [0.1, 0.15) is 5.75 Å². The summed E-state index contributed by atoms with van der Waals surface area (Å²) in [4.78, 5) is 6.87. The molecule has 0 bridgehead atoms. The predicted molar refractivity (Wildman–Crippen MR) is 133 cm³/mol. The SMILES string of the molecule is COc1cnc2cccc(C(O)CN3CCCC(CNCC4=CC5=CNSN5C=C4)C3)c2c1. The minimum Gasteiger partial charge on any atom is -0.495 e. The molecule has 33 heavy (non-hydrogen) atoms. The molecule has 3 aliphatic heterocycles. The van der Waals surface area contributed by atoms with Gasteiger partial charge in [0.2, 0.25) is 0 Å². The van der Waals surface area contributed by atoms with Crippen molar-refractivity contribution in [3.63, 3.8) is 0 Å². The number of aromatic nitrogens is 1. The number of aliphatic hydroxyl groups excluding tert-OH is 1. The van der Waals surface area contributed by atoms with Gasteiger partial charge in [-0.2, -0.15) is 0 Å². The van der Waals surface area contributed by atoms with Gasteiger partial charge in [-0.15, -0.1) is 0 Å². The molecule has 1 saturated heterocycles. The molecule has 5 rings (SSSR count). The molecule has 0 aliphatic carbocycles. The van der Waals surface area contributed by atoms with Crippen LogP contribution in [-0.4, -0.2) is 59.1 Å². The van der Waals surface area contributed by atoms with Crippen LogP contribution in [0.1, 0.15) is 24.5 Å². The molecule has 174 valence electrons. The van der Waals surface area contributed by atoms with Crippen LogP contribution in [0.25, 0.3) is 10.9 Å². The van der Waals surface area contributed by atoms with E-state index in [9.17, 15) is 5.11 Å². The molecule has 1 aromatic carbocycles. The Morgan fingerprint density at radius 3 is 3.24 bits per heavy atom. The first-order valence-corrected chi connectivity index (χ1v) is 12.3. The summed E-state index contributed by atoms with van der Waals surface area (Å²) in [6, 6.07) is 7.90. The topological polar surface area (TPSA) is 72.9 Å². The second-order valence-electron chi connectivity index (χ2n) is 8.84. The van der Waals surface area contributed by atoms with Gasteiger partial charge in [-0.25, -0.2) is 0 Å². The van der Waals surface area contributed by atoms with E-state index < -0.39 is 6.10 Å². The number of benzene rings is 1. The first kappa shape index (κ1) is 22.3. The Kier molecular flexibility index (Phi) is 6.87. The van der Waals surface area contributed by atoms with E-state index in [-0.39, 0.29) is 0 Å². The molecule has 2 unspecified atom stereocenters. The molecule has 2 aromatic rings. The van der Waals surface area contributed by atoms with Crippen LogP contribution in [0.5, 0.6) is 5.75 Å². The molecular formula is C25H31N5O2S. The van der Waals surface area contributed by atoms with Gasteiger partial charge in [0.25, 0.3) is 0 Å². The van der Waals surface area contributed by atoms with Gasteiger partial charge < -0.3 is 24.8 Å². The van der Waals surface area contributed by atoms with Crippen LogP contribution in [0.15, 0.2) is 66.3 Å². The standard InChI is InChI=1S/C25H31N5O2S/c1-32-21-11-23-22(5-2-6-24(23)27-15-21)25(31)17-29-8-3-4-19(16-29)13-26-12-18-7-9-30-20(10-18)14-28-33-30/h2,5-7,9-11,14-15,19,25-26,28,31H,3-4,8,12-13,16-17H2,1H3. The first-order valence-electron chi connectivity index (χ1n) is 11.5. The number of pyridine rings is 1. The van der Waals surface area contributed by atoms with Crippen LogP contribution in [-0.2, 0) is 0 Å². The van der Waals surface area contributed by atoms with Crippen molar-refractivity contribution < 1.29 is 9.84 Å². The zero-order valence-electron chi connectivity index (χ0n) is 18.9. The predicted octanol–water partition coefficient (Wildman–Crippen LogP) is 3.34. The third-order valence-electron chi connectivity index (χ3n) is 6.50. The number of hydrogen-bond acceptors (Lipinski definition) is 8. The van der Waals surface area contributed by atoms with Crippen LogP contribution in [0.4, 0.5) is 0 Å². The fraction of sp³-hybridized carbons (Fsp3) is 0.400. The minimum atomic E-state index is -0.555. The summed E-state index contributed by atoms with van der Waals surface area (Å²) in [5.41, 5.74) is 4.28. The second-order valence-corrected chi connectivity index (χ2v) is 9.65. The van der Waals surface area contributed by atoms with Gasteiger partial charge in [-0.05, 0) is 67.3 Å². The Morgan fingerprint density at radius 2 is 2.33 bits per heavy atom. The highest BCUT2D eigenvalue weighted by Crippen LogP contribution is 2.29. The lowest BCUT2D eigenvalue weighted by Gasteiger charge is -2.34. The molecule has 2 atom stereocenters. The Balaban J connectivity index is 1.15. The largest absolute Gasteiger partial charge is 0.495 e. The molecule has 1 aromatic heterocycles. The average Bonchev–Trinajstić information content (AvgIpc) is 3.31. The Bertz CT molecular complexity index is 1090. The van der Waals surface area contributed by atoms with Crippen molar-refractivity contribution in [3.05, 3.63) is 71.8 Å². The van der Waals surface area contributed by atoms with E-state index in [0.717, 1.165) is 49.1 Å². The summed E-state index contributed by atoms with van der Waals surface area (Å²) in [5.74, 6) is 1.30. The summed E-state index contributed by atoms with van der Waals surface area (Å²) in [6.45, 7) is 4.53. The van der Waals surface area contributed by atoms with Crippen molar-refractivity contribution in [1.29, 1.82) is 0 Å². The number of methoxy groups -OCH3 is 1. The lowest BCUT2D eigenvalue weighted by Crippen LogP contribution is -2.41. The van der Waals surface area contributed by atoms with Crippen LogP contribution in [0.2, 0.25) is 0 Å². The molecule has 8 heteroatoms. The number of allylic oxidation sites excluding steroid dienone is 1. The number of nitrogens with zero attached hydrogens (tertiary/aromatic N) is 3. The van der Waals surface area contributed by atoms with Gasteiger partial charge in [0.15, 0.2) is 0 Å². The van der Waals surface area contributed by atoms with Crippen molar-refractivity contribution in [2.24, 2.45) is 5.92 Å². The lowest BCUT2D eigenvalue weighted by molar-refractivity contribution is 0.0851. The van der Waals surface area contributed by atoms with Crippen molar-refractivity contribution >= 4 is 23.0 Å². The number of aliphatic hydroxyl groups is 1. The summed E-state index contributed by atoms with van der Waals surface area (Å²) < 4.78 is 10.6. The number of likely N-dealkylation sites (tertiary alicyclic amines) is 1. The number of ether oxygens (including phenoxy) is 1. The third kappa shape index (κ3) is 5.19. The summed E-state index contributed by atoms with van der Waals surface area (Å²) in [7, 11) is 1.64. The maximum absolute atomic E-state index is 11.1. The van der Waals surface area contributed by atoms with E-state index >= 15 is 0 Å². The summed E-state index contributed by atoms with van der Waals surface area (Å²) >= 11 is 1.58. The fourth-order valence-electron chi connectivity index (χ4n) is 4.80. The van der Waals surface area contributed by atoms with E-state index in [1.165, 1.54) is 17.7 Å². The van der Waals surface area contributed by atoms with E-state index in [1.807, 2.05) is 30.5 Å². The number of fused-ring (bicyclic) bond motifs is 2. The van der Waals surface area contributed by atoms with Crippen LogP contribution >= 0.6 is 12.1 Å². The molecule has 0 spiro atoms. The first-order chi connectivity index (χ1) is 16.2. The molecule has 3 N–H and O–H groups in total. The van der Waals surface area contributed by atoms with Crippen molar-refractivity contribution in [3.8, 4) is 5.75 Å². The lowest BCUT2D eigenvalue weighted by atomic mass is 9.96. The van der Waals surface area contributed by atoms with Crippen molar-refractivity contribution in [2.75, 3.05) is 39.8 Å². The second kappa shape index (κ2) is 10.2. The monoisotopic (exact) mass is 465 g/mol. The van der Waals surface area contributed by atoms with Crippen LogP contribution in [0, 0.1) is 5.92 Å². The molecule has 3 aliphatic rings. The van der Waals surface area contributed by atoms with Crippen LogP contribution in [0.3, 0.4) is 0 Å². The van der Waals surface area contributed by atoms with E-state index in [0.29, 0.717) is 18.2 Å².